The number of amides is 1. The Balaban J connectivity index is 1.36. The Labute approximate surface area is 165 Å². The number of rotatable bonds is 4. The molecule has 28 heavy (non-hydrogen) atoms. The van der Waals surface area contributed by atoms with E-state index in [2.05, 4.69) is 39.5 Å². The molecule has 1 N–H and O–H groups in total. The molecule has 1 aromatic heterocycles. The zero-order valence-electron chi connectivity index (χ0n) is 16.0. The number of aromatic nitrogens is 2. The van der Waals surface area contributed by atoms with Crippen LogP contribution in [-0.4, -0.2) is 29.2 Å². The SMILES string of the molecule is Cc1ccccc1-c1ccc(N2CCC(C(=O)Nc3ccccc3)CC2)nn1. The normalized spacial score (nSPS) is 14.7. The van der Waals surface area contributed by atoms with Gasteiger partial charge in [-0.25, -0.2) is 0 Å². The highest BCUT2D eigenvalue weighted by atomic mass is 16.1. The number of nitrogens with one attached hydrogen (secondary N) is 1. The molecule has 2 heterocycles. The minimum absolute atomic E-state index is 0.0376. The van der Waals surface area contributed by atoms with Crippen molar-refractivity contribution in [1.82, 2.24) is 10.2 Å². The summed E-state index contributed by atoms with van der Waals surface area (Å²) in [6.45, 7) is 3.70. The fraction of sp³-hybridized carbons (Fsp3) is 0.261. The molecule has 0 atom stereocenters. The first kappa shape index (κ1) is 18.2. The molecule has 0 bridgehead atoms. The fourth-order valence-electron chi connectivity index (χ4n) is 3.63. The van der Waals surface area contributed by atoms with Crippen LogP contribution in [0, 0.1) is 12.8 Å². The van der Waals surface area contributed by atoms with Gasteiger partial charge in [-0.15, -0.1) is 10.2 Å². The van der Waals surface area contributed by atoms with Crippen LogP contribution in [0.15, 0.2) is 66.7 Å². The number of para-hydroxylation sites is 1. The summed E-state index contributed by atoms with van der Waals surface area (Å²) in [4.78, 5) is 14.7. The number of piperidine rings is 1. The molecule has 2 aromatic carbocycles. The van der Waals surface area contributed by atoms with E-state index in [-0.39, 0.29) is 11.8 Å². The Kier molecular flexibility index (Phi) is 5.33. The van der Waals surface area contributed by atoms with Gasteiger partial charge in [-0.05, 0) is 49.6 Å². The molecule has 4 rings (SSSR count). The number of carbonyl (C=O) groups excluding carboxylic acids is 1. The highest BCUT2D eigenvalue weighted by molar-refractivity contribution is 5.92. The van der Waals surface area contributed by atoms with Crippen molar-refractivity contribution in [3.63, 3.8) is 0 Å². The molecule has 5 heteroatoms. The smallest absolute Gasteiger partial charge is 0.227 e. The number of anilines is 2. The van der Waals surface area contributed by atoms with Crippen molar-refractivity contribution < 1.29 is 4.79 Å². The van der Waals surface area contributed by atoms with Crippen molar-refractivity contribution in [3.8, 4) is 11.3 Å². The molecule has 1 fully saturated rings. The van der Waals surface area contributed by atoms with Gasteiger partial charge < -0.3 is 10.2 Å². The topological polar surface area (TPSA) is 58.1 Å². The van der Waals surface area contributed by atoms with Crippen molar-refractivity contribution in [3.05, 3.63) is 72.3 Å². The Morgan fingerprint density at radius 1 is 0.929 bits per heavy atom. The highest BCUT2D eigenvalue weighted by Crippen LogP contribution is 2.25. The van der Waals surface area contributed by atoms with Crippen LogP contribution in [0.3, 0.4) is 0 Å². The second kappa shape index (κ2) is 8.21. The third-order valence-corrected chi connectivity index (χ3v) is 5.30. The van der Waals surface area contributed by atoms with E-state index in [1.54, 1.807) is 0 Å². The van der Waals surface area contributed by atoms with Crippen molar-refractivity contribution in [2.45, 2.75) is 19.8 Å². The van der Waals surface area contributed by atoms with Crippen molar-refractivity contribution in [2.24, 2.45) is 5.92 Å². The van der Waals surface area contributed by atoms with E-state index in [0.29, 0.717) is 0 Å². The van der Waals surface area contributed by atoms with E-state index in [1.807, 2.05) is 54.6 Å². The number of carbonyl (C=O) groups is 1. The van der Waals surface area contributed by atoms with Crippen LogP contribution in [0.5, 0.6) is 0 Å². The lowest BCUT2D eigenvalue weighted by atomic mass is 9.95. The Hall–Kier alpha value is -3.21. The molecule has 1 aliphatic heterocycles. The van der Waals surface area contributed by atoms with Gasteiger partial charge in [0.2, 0.25) is 5.91 Å². The Bertz CT molecular complexity index is 932. The molecule has 1 saturated heterocycles. The summed E-state index contributed by atoms with van der Waals surface area (Å²) in [5.74, 6) is 1.02. The Morgan fingerprint density at radius 3 is 2.32 bits per heavy atom. The maximum Gasteiger partial charge on any atom is 0.227 e. The third kappa shape index (κ3) is 4.03. The summed E-state index contributed by atoms with van der Waals surface area (Å²) >= 11 is 0. The van der Waals surface area contributed by atoms with Crippen LogP contribution in [0.25, 0.3) is 11.3 Å². The summed E-state index contributed by atoms with van der Waals surface area (Å²) in [6, 6.07) is 21.9. The number of hydrogen-bond donors (Lipinski definition) is 1. The number of benzene rings is 2. The van der Waals surface area contributed by atoms with Crippen LogP contribution in [0.4, 0.5) is 11.5 Å². The Morgan fingerprint density at radius 2 is 1.64 bits per heavy atom. The molecule has 1 amide bonds. The first-order valence-electron chi connectivity index (χ1n) is 9.71. The van der Waals surface area contributed by atoms with Crippen LogP contribution in [0.1, 0.15) is 18.4 Å². The molecule has 0 radical (unpaired) electrons. The second-order valence-corrected chi connectivity index (χ2v) is 7.21. The molecule has 142 valence electrons. The lowest BCUT2D eigenvalue weighted by Gasteiger charge is -2.31. The van der Waals surface area contributed by atoms with Crippen LogP contribution >= 0.6 is 0 Å². The van der Waals surface area contributed by atoms with Gasteiger partial charge in [0.15, 0.2) is 5.82 Å². The lowest BCUT2D eigenvalue weighted by molar-refractivity contribution is -0.120. The van der Waals surface area contributed by atoms with Gasteiger partial charge in [-0.3, -0.25) is 4.79 Å². The molecular formula is C23H24N4O. The van der Waals surface area contributed by atoms with E-state index in [0.717, 1.165) is 48.7 Å². The molecule has 0 saturated carbocycles. The van der Waals surface area contributed by atoms with Gasteiger partial charge in [-0.2, -0.15) is 0 Å². The number of hydrogen-bond acceptors (Lipinski definition) is 4. The second-order valence-electron chi connectivity index (χ2n) is 7.21. The van der Waals surface area contributed by atoms with E-state index < -0.39 is 0 Å². The molecule has 0 aliphatic carbocycles. The van der Waals surface area contributed by atoms with Crippen LogP contribution < -0.4 is 10.2 Å². The van der Waals surface area contributed by atoms with Gasteiger partial charge >= 0.3 is 0 Å². The minimum atomic E-state index is 0.0376. The van der Waals surface area contributed by atoms with E-state index in [9.17, 15) is 4.79 Å². The monoisotopic (exact) mass is 372 g/mol. The minimum Gasteiger partial charge on any atom is -0.355 e. The van der Waals surface area contributed by atoms with Gasteiger partial charge in [0, 0.05) is 30.3 Å². The van der Waals surface area contributed by atoms with Gasteiger partial charge in [0.1, 0.15) is 0 Å². The maximum absolute atomic E-state index is 12.5. The number of nitrogens with zero attached hydrogens (tertiary/aromatic N) is 3. The first-order chi connectivity index (χ1) is 13.7. The summed E-state index contributed by atoms with van der Waals surface area (Å²) in [7, 11) is 0. The maximum atomic E-state index is 12.5. The molecule has 0 unspecified atom stereocenters. The van der Waals surface area contributed by atoms with Crippen LogP contribution in [-0.2, 0) is 4.79 Å². The predicted octanol–water partition coefficient (Wildman–Crippen LogP) is 4.31. The average molecular weight is 372 g/mol. The highest BCUT2D eigenvalue weighted by Gasteiger charge is 2.25. The quantitative estimate of drug-likeness (QED) is 0.741. The zero-order valence-corrected chi connectivity index (χ0v) is 16.0. The largest absolute Gasteiger partial charge is 0.355 e. The van der Waals surface area contributed by atoms with Crippen molar-refractivity contribution >= 4 is 17.4 Å². The summed E-state index contributed by atoms with van der Waals surface area (Å²) in [5.41, 5.74) is 4.04. The zero-order chi connectivity index (χ0) is 19.3. The van der Waals surface area contributed by atoms with E-state index in [1.165, 1.54) is 5.56 Å². The van der Waals surface area contributed by atoms with Crippen molar-refractivity contribution in [2.75, 3.05) is 23.3 Å². The molecule has 1 aliphatic rings. The predicted molar refractivity (Wildman–Crippen MR) is 112 cm³/mol. The lowest BCUT2D eigenvalue weighted by Crippen LogP contribution is -2.38. The molecule has 3 aromatic rings. The summed E-state index contributed by atoms with van der Waals surface area (Å²) in [5, 5.41) is 11.9. The average Bonchev–Trinajstić information content (AvgIpc) is 2.75. The molecule has 0 spiro atoms. The third-order valence-electron chi connectivity index (χ3n) is 5.30. The molecule has 5 nitrogen and oxygen atoms in total. The van der Waals surface area contributed by atoms with Gasteiger partial charge in [0.25, 0.3) is 0 Å². The van der Waals surface area contributed by atoms with E-state index >= 15 is 0 Å². The number of aryl methyl sites for hydroxylation is 1. The summed E-state index contributed by atoms with van der Waals surface area (Å²) < 4.78 is 0. The fourth-order valence-corrected chi connectivity index (χ4v) is 3.63. The standard InChI is InChI=1S/C23H24N4O/c1-17-7-5-6-10-20(17)21-11-12-22(26-25-21)27-15-13-18(14-16-27)23(28)24-19-8-3-2-4-9-19/h2-12,18H,13-16H2,1H3,(H,24,28). The van der Waals surface area contributed by atoms with Gasteiger partial charge in [0.05, 0.1) is 5.69 Å². The summed E-state index contributed by atoms with van der Waals surface area (Å²) in [6.07, 6.45) is 1.64. The van der Waals surface area contributed by atoms with Gasteiger partial charge in [-0.1, -0.05) is 42.5 Å². The van der Waals surface area contributed by atoms with Crippen LogP contribution in [0.2, 0.25) is 0 Å². The molecular weight excluding hydrogens is 348 g/mol. The van der Waals surface area contributed by atoms with Crippen molar-refractivity contribution in [1.29, 1.82) is 0 Å². The van der Waals surface area contributed by atoms with E-state index in [4.69, 9.17) is 0 Å². The first-order valence-corrected chi connectivity index (χ1v) is 9.71.